The third kappa shape index (κ3) is 5.01. The first-order valence-corrected chi connectivity index (χ1v) is 5.55. The van der Waals surface area contributed by atoms with Crippen LogP contribution in [0.3, 0.4) is 0 Å². The Morgan fingerprint density at radius 1 is 1.06 bits per heavy atom. The monoisotopic (exact) mass is 238 g/mol. The smallest absolute Gasteiger partial charge is 0.0902 e. The van der Waals surface area contributed by atoms with Gasteiger partial charge in [0.2, 0.25) is 0 Å². The van der Waals surface area contributed by atoms with Gasteiger partial charge < -0.3 is 9.52 Å². The van der Waals surface area contributed by atoms with Crippen LogP contribution in [0, 0.1) is 0 Å². The zero-order valence-electron chi connectivity index (χ0n) is 8.92. The first kappa shape index (κ1) is 12.8. The maximum Gasteiger partial charge on any atom is 0.0902 e. The molecule has 2 nitrogen and oxygen atoms in total. The number of alkyl halides is 1. The van der Waals surface area contributed by atoms with E-state index in [9.17, 15) is 0 Å². The van der Waals surface area contributed by atoms with Crippen molar-refractivity contribution in [3.8, 4) is 0 Å². The third-order valence-electron chi connectivity index (χ3n) is 1.97. The maximum absolute atomic E-state index is 8.61. The summed E-state index contributed by atoms with van der Waals surface area (Å²) in [6.45, 7) is 0.142. The highest BCUT2D eigenvalue weighted by Gasteiger charge is 2.04. The topological polar surface area (TPSA) is 33.4 Å². The second kappa shape index (κ2) is 7.97. The Kier molecular flexibility index (Phi) is 6.38. The SMILES string of the molecule is OCCC(Cl)c1ccccc1.c1ccoc1. The van der Waals surface area contributed by atoms with Gasteiger partial charge in [0.1, 0.15) is 0 Å². The summed E-state index contributed by atoms with van der Waals surface area (Å²) in [6.07, 6.45) is 3.87. The van der Waals surface area contributed by atoms with Gasteiger partial charge in [-0.1, -0.05) is 30.3 Å². The van der Waals surface area contributed by atoms with Gasteiger partial charge in [-0.15, -0.1) is 11.6 Å². The molecule has 1 aromatic carbocycles. The Bertz CT molecular complexity index is 328. The van der Waals surface area contributed by atoms with Crippen molar-refractivity contribution in [1.82, 2.24) is 0 Å². The largest absolute Gasteiger partial charge is 0.473 e. The number of benzene rings is 1. The van der Waals surface area contributed by atoms with E-state index in [1.165, 1.54) is 0 Å². The minimum Gasteiger partial charge on any atom is -0.473 e. The van der Waals surface area contributed by atoms with Crippen molar-refractivity contribution in [3.63, 3.8) is 0 Å². The lowest BCUT2D eigenvalue weighted by atomic mass is 10.1. The van der Waals surface area contributed by atoms with Crippen molar-refractivity contribution in [3.05, 3.63) is 60.6 Å². The molecule has 86 valence electrons. The average Bonchev–Trinajstić information content (AvgIpc) is 2.89. The van der Waals surface area contributed by atoms with Gasteiger partial charge in [0, 0.05) is 6.61 Å². The molecule has 1 heterocycles. The standard InChI is InChI=1S/C9H11ClO.C4H4O/c10-9(6-7-11)8-4-2-1-3-5-8;1-2-4-5-3-1/h1-5,9,11H,6-7H2;1-4H. The minimum absolute atomic E-state index is 0.0544. The summed E-state index contributed by atoms with van der Waals surface area (Å²) >= 11 is 5.95. The number of rotatable bonds is 3. The van der Waals surface area contributed by atoms with Crippen LogP contribution in [0.2, 0.25) is 0 Å². The first-order valence-electron chi connectivity index (χ1n) is 5.11. The molecule has 0 aliphatic rings. The van der Waals surface area contributed by atoms with Crippen molar-refractivity contribution >= 4 is 11.6 Å². The van der Waals surface area contributed by atoms with E-state index in [1.807, 2.05) is 42.5 Å². The summed E-state index contributed by atoms with van der Waals surface area (Å²) < 4.78 is 4.58. The number of hydrogen-bond donors (Lipinski definition) is 1. The van der Waals surface area contributed by atoms with Crippen LogP contribution in [-0.2, 0) is 0 Å². The van der Waals surface area contributed by atoms with Crippen molar-refractivity contribution in [1.29, 1.82) is 0 Å². The number of aliphatic hydroxyl groups is 1. The number of halogens is 1. The Morgan fingerprint density at radius 2 is 1.69 bits per heavy atom. The van der Waals surface area contributed by atoms with Gasteiger partial charge in [0.15, 0.2) is 0 Å². The first-order chi connectivity index (χ1) is 7.84. The second-order valence-corrected chi connectivity index (χ2v) is 3.71. The van der Waals surface area contributed by atoms with Gasteiger partial charge >= 0.3 is 0 Å². The third-order valence-corrected chi connectivity index (χ3v) is 2.44. The van der Waals surface area contributed by atoms with Gasteiger partial charge in [-0.3, -0.25) is 0 Å². The normalized spacial score (nSPS) is 11.4. The molecule has 1 atom stereocenters. The van der Waals surface area contributed by atoms with Crippen LogP contribution in [0.4, 0.5) is 0 Å². The lowest BCUT2D eigenvalue weighted by Gasteiger charge is -2.06. The van der Waals surface area contributed by atoms with Gasteiger partial charge in [-0.2, -0.15) is 0 Å². The van der Waals surface area contributed by atoms with E-state index in [4.69, 9.17) is 16.7 Å². The quantitative estimate of drug-likeness (QED) is 0.829. The highest BCUT2D eigenvalue weighted by Crippen LogP contribution is 2.22. The minimum atomic E-state index is -0.0544. The molecule has 3 heteroatoms. The molecule has 0 aliphatic heterocycles. The van der Waals surface area contributed by atoms with Crippen molar-refractivity contribution in [2.24, 2.45) is 0 Å². The molecule has 1 unspecified atom stereocenters. The predicted molar refractivity (Wildman–Crippen MR) is 65.4 cm³/mol. The molecule has 1 aromatic heterocycles. The van der Waals surface area contributed by atoms with E-state index in [2.05, 4.69) is 4.42 Å². The summed E-state index contributed by atoms with van der Waals surface area (Å²) in [6, 6.07) is 13.4. The molecule has 0 saturated heterocycles. The predicted octanol–water partition coefficient (Wildman–Crippen LogP) is 3.63. The fraction of sp³-hybridized carbons (Fsp3) is 0.231. The van der Waals surface area contributed by atoms with E-state index in [0.29, 0.717) is 6.42 Å². The summed E-state index contributed by atoms with van der Waals surface area (Å²) in [5.41, 5.74) is 1.07. The van der Waals surface area contributed by atoms with Gasteiger partial charge in [-0.25, -0.2) is 0 Å². The zero-order valence-corrected chi connectivity index (χ0v) is 9.68. The highest BCUT2D eigenvalue weighted by atomic mass is 35.5. The molecule has 1 N–H and O–H groups in total. The molecule has 0 spiro atoms. The van der Waals surface area contributed by atoms with E-state index in [1.54, 1.807) is 12.5 Å². The molecule has 2 aromatic rings. The van der Waals surface area contributed by atoms with Crippen molar-refractivity contribution < 1.29 is 9.52 Å². The fourth-order valence-electron chi connectivity index (χ4n) is 1.17. The molecule has 0 radical (unpaired) electrons. The van der Waals surface area contributed by atoms with Crippen LogP contribution in [0.15, 0.2) is 59.4 Å². The highest BCUT2D eigenvalue weighted by molar-refractivity contribution is 6.20. The molecule has 2 rings (SSSR count). The molecule has 0 bridgehead atoms. The summed E-state index contributed by atoms with van der Waals surface area (Å²) in [5.74, 6) is 0. The van der Waals surface area contributed by atoms with Crippen LogP contribution in [0.5, 0.6) is 0 Å². The van der Waals surface area contributed by atoms with Gasteiger partial charge in [0.05, 0.1) is 17.9 Å². The lowest BCUT2D eigenvalue weighted by Crippen LogP contribution is -1.92. The van der Waals surface area contributed by atoms with Crippen LogP contribution >= 0.6 is 11.6 Å². The Morgan fingerprint density at radius 3 is 2.12 bits per heavy atom. The second-order valence-electron chi connectivity index (χ2n) is 3.18. The molecule has 0 saturated carbocycles. The lowest BCUT2D eigenvalue weighted by molar-refractivity contribution is 0.286. The molecule has 16 heavy (non-hydrogen) atoms. The van der Waals surface area contributed by atoms with Gasteiger partial charge in [0.25, 0.3) is 0 Å². The number of furan rings is 1. The number of aliphatic hydroxyl groups excluding tert-OH is 1. The van der Waals surface area contributed by atoms with Crippen molar-refractivity contribution in [2.45, 2.75) is 11.8 Å². The Balaban J connectivity index is 0.000000212. The fourth-order valence-corrected chi connectivity index (χ4v) is 1.41. The van der Waals surface area contributed by atoms with Crippen LogP contribution in [-0.4, -0.2) is 11.7 Å². The number of hydrogen-bond acceptors (Lipinski definition) is 2. The van der Waals surface area contributed by atoms with Crippen LogP contribution in [0.25, 0.3) is 0 Å². The van der Waals surface area contributed by atoms with E-state index in [-0.39, 0.29) is 12.0 Å². The Labute approximate surface area is 100 Å². The average molecular weight is 239 g/mol. The molecule has 0 amide bonds. The molecule has 0 aliphatic carbocycles. The summed E-state index contributed by atoms with van der Waals surface area (Å²) in [5, 5.41) is 8.56. The molecular formula is C13H15ClO2. The van der Waals surface area contributed by atoms with Crippen molar-refractivity contribution in [2.75, 3.05) is 6.61 Å². The van der Waals surface area contributed by atoms with Crippen LogP contribution < -0.4 is 0 Å². The summed E-state index contributed by atoms with van der Waals surface area (Å²) in [7, 11) is 0. The van der Waals surface area contributed by atoms with E-state index in [0.717, 1.165) is 5.56 Å². The van der Waals surface area contributed by atoms with E-state index < -0.39 is 0 Å². The van der Waals surface area contributed by atoms with Crippen LogP contribution in [0.1, 0.15) is 17.4 Å². The molecule has 0 fully saturated rings. The van der Waals surface area contributed by atoms with E-state index >= 15 is 0 Å². The Hall–Kier alpha value is -1.25. The van der Waals surface area contributed by atoms with Gasteiger partial charge in [-0.05, 0) is 24.1 Å². The zero-order chi connectivity index (χ0) is 11.6. The maximum atomic E-state index is 8.61. The molecular weight excluding hydrogens is 224 g/mol. The summed E-state index contributed by atoms with van der Waals surface area (Å²) in [4.78, 5) is 0.